The van der Waals surface area contributed by atoms with E-state index < -0.39 is 0 Å². The zero-order valence-electron chi connectivity index (χ0n) is 18.3. The van der Waals surface area contributed by atoms with E-state index in [2.05, 4.69) is 69.7 Å². The number of nitrogens with zero attached hydrogens (tertiary/aromatic N) is 3. The summed E-state index contributed by atoms with van der Waals surface area (Å²) in [6.45, 7) is 3.61. The summed E-state index contributed by atoms with van der Waals surface area (Å²) in [7, 11) is 0. The quantitative estimate of drug-likeness (QED) is 0.0923. The molecule has 0 aliphatic carbocycles. The second kappa shape index (κ2) is 21.0. The Morgan fingerprint density at radius 3 is 2.23 bits per heavy atom. The smallest absolute Gasteiger partial charge is 0.220 e. The Morgan fingerprint density at radius 2 is 1.63 bits per heavy atom. The molecule has 30 heavy (non-hydrogen) atoms. The second-order valence-corrected chi connectivity index (χ2v) is 6.95. The molecular formula is C24H36N4O2. The molecule has 0 aromatic carbocycles. The van der Waals surface area contributed by atoms with E-state index in [9.17, 15) is 4.79 Å². The molecule has 2 atom stereocenters. The zero-order chi connectivity index (χ0) is 22.3. The highest BCUT2D eigenvalue weighted by molar-refractivity contribution is 5.76. The van der Waals surface area contributed by atoms with Gasteiger partial charge >= 0.3 is 0 Å². The number of aliphatic hydroxyl groups is 1. The molecule has 2 N–H and O–H groups in total. The average molecular weight is 413 g/mol. The number of allylic oxidation sites excluding steroid dienone is 8. The third-order valence-electron chi connectivity index (χ3n) is 3.93. The minimum absolute atomic E-state index is 0.00346. The minimum atomic E-state index is -0.172. The third-order valence-corrected chi connectivity index (χ3v) is 3.93. The molecule has 0 aromatic rings. The highest BCUT2D eigenvalue weighted by Crippen LogP contribution is 2.00. The minimum Gasteiger partial charge on any atom is -0.394 e. The lowest BCUT2D eigenvalue weighted by Crippen LogP contribution is -2.34. The van der Waals surface area contributed by atoms with Gasteiger partial charge in [-0.1, -0.05) is 66.6 Å². The van der Waals surface area contributed by atoms with Crippen LogP contribution in [-0.2, 0) is 4.79 Å². The van der Waals surface area contributed by atoms with Crippen molar-refractivity contribution in [3.8, 4) is 11.8 Å². The summed E-state index contributed by atoms with van der Waals surface area (Å²) in [5.74, 6) is 6.04. The van der Waals surface area contributed by atoms with Crippen LogP contribution in [0.3, 0.4) is 0 Å². The predicted octanol–water partition coefficient (Wildman–Crippen LogP) is 5.53. The fraction of sp³-hybridized carbons (Fsp3) is 0.542. The number of hydrogen-bond acceptors (Lipinski definition) is 3. The summed E-state index contributed by atoms with van der Waals surface area (Å²) >= 11 is 0. The maximum absolute atomic E-state index is 11.5. The highest BCUT2D eigenvalue weighted by atomic mass is 16.3. The number of azide groups is 1. The lowest BCUT2D eigenvalue weighted by molar-refractivity contribution is -0.122. The Bertz CT molecular complexity index is 677. The fourth-order valence-electron chi connectivity index (χ4n) is 2.27. The largest absolute Gasteiger partial charge is 0.394 e. The van der Waals surface area contributed by atoms with Crippen molar-refractivity contribution >= 4 is 5.91 Å². The molecule has 0 spiro atoms. The molecule has 0 aromatic heterocycles. The number of unbranched alkanes of at least 4 members (excludes halogenated alkanes) is 1. The van der Waals surface area contributed by atoms with Crippen LogP contribution in [0.5, 0.6) is 0 Å². The molecule has 164 valence electrons. The van der Waals surface area contributed by atoms with Crippen LogP contribution >= 0.6 is 0 Å². The second-order valence-electron chi connectivity index (χ2n) is 6.95. The summed E-state index contributed by atoms with van der Waals surface area (Å²) < 4.78 is 0. The van der Waals surface area contributed by atoms with E-state index in [4.69, 9.17) is 10.6 Å². The van der Waals surface area contributed by atoms with Gasteiger partial charge in [0.1, 0.15) is 0 Å². The molecule has 0 rings (SSSR count). The summed E-state index contributed by atoms with van der Waals surface area (Å²) in [6, 6.07) is -0.244. The Balaban J connectivity index is 3.64. The number of carbonyl (C=O) groups is 1. The van der Waals surface area contributed by atoms with Crippen molar-refractivity contribution in [2.45, 2.75) is 77.3 Å². The first-order valence-electron chi connectivity index (χ1n) is 10.6. The first-order valence-corrected chi connectivity index (χ1v) is 10.6. The molecule has 6 nitrogen and oxygen atoms in total. The molecule has 0 heterocycles. The molecule has 6 heteroatoms. The van der Waals surface area contributed by atoms with Crippen molar-refractivity contribution in [3.63, 3.8) is 0 Å². The number of hydrogen-bond donors (Lipinski definition) is 2. The van der Waals surface area contributed by atoms with Gasteiger partial charge in [0.15, 0.2) is 0 Å². The number of carbonyl (C=O) groups excluding carboxylic acids is 1. The van der Waals surface area contributed by atoms with E-state index >= 15 is 0 Å². The summed E-state index contributed by atoms with van der Waals surface area (Å²) in [6.07, 6.45) is 23.2. The fourth-order valence-corrected chi connectivity index (χ4v) is 2.27. The van der Waals surface area contributed by atoms with Crippen LogP contribution in [-0.4, -0.2) is 29.7 Å². The predicted molar refractivity (Wildman–Crippen MR) is 125 cm³/mol. The lowest BCUT2D eigenvalue weighted by atomic mass is 10.2. The molecule has 0 saturated heterocycles. The summed E-state index contributed by atoms with van der Waals surface area (Å²) in [4.78, 5) is 14.3. The molecule has 0 aliphatic rings. The molecular weight excluding hydrogens is 376 g/mol. The van der Waals surface area contributed by atoms with Crippen LogP contribution < -0.4 is 5.32 Å². The van der Waals surface area contributed by atoms with Gasteiger partial charge in [0, 0.05) is 36.3 Å². The Labute approximate surface area is 181 Å². The van der Waals surface area contributed by atoms with Gasteiger partial charge in [-0.2, -0.15) is 0 Å². The van der Waals surface area contributed by atoms with E-state index in [-0.39, 0.29) is 24.6 Å². The van der Waals surface area contributed by atoms with Gasteiger partial charge in [0.05, 0.1) is 6.61 Å². The molecule has 1 amide bonds. The van der Waals surface area contributed by atoms with Crippen molar-refractivity contribution in [1.82, 2.24) is 5.32 Å². The molecule has 0 radical (unpaired) electrons. The van der Waals surface area contributed by atoms with Crippen molar-refractivity contribution in [2.75, 3.05) is 6.61 Å². The van der Waals surface area contributed by atoms with Crippen LogP contribution in [0, 0.1) is 11.8 Å². The topological polar surface area (TPSA) is 98.1 Å². The molecule has 0 bridgehead atoms. The normalized spacial score (nSPS) is 13.4. The van der Waals surface area contributed by atoms with Crippen molar-refractivity contribution < 1.29 is 9.90 Å². The number of aliphatic hydroxyl groups excluding tert-OH is 1. The Hall–Kier alpha value is -2.74. The summed E-state index contributed by atoms with van der Waals surface area (Å²) in [5.41, 5.74) is 8.29. The maximum Gasteiger partial charge on any atom is 0.220 e. The molecule has 1 unspecified atom stereocenters. The first kappa shape index (κ1) is 27.3. The molecule has 0 saturated carbocycles. The van der Waals surface area contributed by atoms with E-state index in [1.165, 1.54) is 0 Å². The van der Waals surface area contributed by atoms with Gasteiger partial charge in [0.25, 0.3) is 0 Å². The van der Waals surface area contributed by atoms with E-state index in [0.717, 1.165) is 38.5 Å². The monoisotopic (exact) mass is 412 g/mol. The Kier molecular flexibility index (Phi) is 19.1. The molecule has 0 fully saturated rings. The van der Waals surface area contributed by atoms with E-state index in [0.29, 0.717) is 12.8 Å². The lowest BCUT2D eigenvalue weighted by Gasteiger charge is -2.09. The van der Waals surface area contributed by atoms with Gasteiger partial charge in [-0.25, -0.2) is 0 Å². The standard InChI is InChI=1S/C24H36N4O2/c1-22(27-28-25)19-17-15-13-11-9-7-5-3-4-6-8-10-12-14-16-18-20-24(30)26-23(2)21-29/h3,5-6,8-9,11-12,14,22-23,29H,4,7,10,13,16,18-21H2,1-2H3,(H,26,30)/b5-3+,8-6+,11-9+,14-12+/t22?,23-/m1/s1. The number of nitrogens with one attached hydrogen (secondary N) is 1. The average Bonchev–Trinajstić information content (AvgIpc) is 2.72. The summed E-state index contributed by atoms with van der Waals surface area (Å²) in [5, 5.41) is 15.2. The van der Waals surface area contributed by atoms with Crippen molar-refractivity contribution in [2.24, 2.45) is 5.11 Å². The number of rotatable bonds is 15. The number of amides is 1. The maximum atomic E-state index is 11.5. The first-order chi connectivity index (χ1) is 14.6. The van der Waals surface area contributed by atoms with Gasteiger partial charge in [-0.3, -0.25) is 4.79 Å². The van der Waals surface area contributed by atoms with Crippen LogP contribution in [0.25, 0.3) is 10.4 Å². The van der Waals surface area contributed by atoms with Crippen molar-refractivity contribution in [3.05, 3.63) is 59.1 Å². The zero-order valence-corrected chi connectivity index (χ0v) is 18.3. The molecule has 0 aliphatic heterocycles. The van der Waals surface area contributed by atoms with E-state index in [1.807, 2.05) is 13.0 Å². The third kappa shape index (κ3) is 20.0. The van der Waals surface area contributed by atoms with Crippen LogP contribution in [0.15, 0.2) is 53.7 Å². The van der Waals surface area contributed by atoms with Crippen LogP contribution in [0.4, 0.5) is 0 Å². The van der Waals surface area contributed by atoms with Gasteiger partial charge in [-0.15, -0.1) is 5.92 Å². The van der Waals surface area contributed by atoms with Gasteiger partial charge < -0.3 is 10.4 Å². The van der Waals surface area contributed by atoms with Gasteiger partial charge in [0.2, 0.25) is 5.91 Å². The van der Waals surface area contributed by atoms with Crippen LogP contribution in [0.1, 0.15) is 65.2 Å². The van der Waals surface area contributed by atoms with Gasteiger partial charge in [-0.05, 0) is 44.6 Å². The SMILES string of the molecule is CC(CC#CC/C=C/C/C=C/C/C=C/C/C=C/CCCC(=O)N[C@H](C)CO)N=[N+]=[N-]. The van der Waals surface area contributed by atoms with Crippen LogP contribution in [0.2, 0.25) is 0 Å². The van der Waals surface area contributed by atoms with Crippen molar-refractivity contribution in [1.29, 1.82) is 0 Å². The van der Waals surface area contributed by atoms with E-state index in [1.54, 1.807) is 6.92 Å². The Morgan fingerprint density at radius 1 is 1.03 bits per heavy atom. The highest BCUT2D eigenvalue weighted by Gasteiger charge is 2.04.